The molecule has 0 N–H and O–H groups in total. The van der Waals surface area contributed by atoms with Crippen LogP contribution < -0.4 is 0 Å². The maximum Gasteiger partial charge on any atom is 0.227 e. The summed E-state index contributed by atoms with van der Waals surface area (Å²) >= 11 is 5.75. The first kappa shape index (κ1) is 12.8. The average molecular weight is 232 g/mol. The van der Waals surface area contributed by atoms with Gasteiger partial charge in [-0.15, -0.1) is 11.6 Å². The molecule has 0 radical (unpaired) electrons. The van der Waals surface area contributed by atoms with Crippen molar-refractivity contribution in [2.24, 2.45) is 11.3 Å². The summed E-state index contributed by atoms with van der Waals surface area (Å²) in [6.45, 7) is 7.79. The molecule has 0 aromatic carbocycles. The van der Waals surface area contributed by atoms with E-state index in [-0.39, 0.29) is 11.3 Å². The lowest BCUT2D eigenvalue weighted by atomic mass is 9.90. The minimum absolute atomic E-state index is 0.247. The second-order valence-electron chi connectivity index (χ2n) is 5.49. The lowest BCUT2D eigenvalue weighted by molar-refractivity contribution is -0.141. The van der Waals surface area contributed by atoms with E-state index >= 15 is 0 Å². The number of carbonyl (C=O) groups is 1. The second-order valence-corrected chi connectivity index (χ2v) is 5.87. The summed E-state index contributed by atoms with van der Waals surface area (Å²) in [5.41, 5.74) is -0.247. The van der Waals surface area contributed by atoms with Gasteiger partial charge < -0.3 is 4.90 Å². The van der Waals surface area contributed by atoms with E-state index in [4.69, 9.17) is 11.6 Å². The van der Waals surface area contributed by atoms with Gasteiger partial charge >= 0.3 is 0 Å². The van der Waals surface area contributed by atoms with E-state index < -0.39 is 0 Å². The van der Waals surface area contributed by atoms with Crippen LogP contribution in [0.3, 0.4) is 0 Å². The third-order valence-electron chi connectivity index (χ3n) is 2.97. The van der Waals surface area contributed by atoms with E-state index in [0.717, 1.165) is 25.9 Å². The van der Waals surface area contributed by atoms with Gasteiger partial charge in [0.25, 0.3) is 0 Å². The van der Waals surface area contributed by atoms with Crippen molar-refractivity contribution in [3.63, 3.8) is 0 Å². The predicted molar refractivity (Wildman–Crippen MR) is 64.1 cm³/mol. The van der Waals surface area contributed by atoms with Gasteiger partial charge in [-0.05, 0) is 25.2 Å². The van der Waals surface area contributed by atoms with E-state index in [0.29, 0.717) is 11.8 Å². The third kappa shape index (κ3) is 3.67. The normalized spacial score (nSPS) is 22.9. The summed E-state index contributed by atoms with van der Waals surface area (Å²) in [4.78, 5) is 14.1. The molecule has 1 saturated heterocycles. The van der Waals surface area contributed by atoms with Crippen molar-refractivity contribution in [3.8, 4) is 0 Å². The molecule has 2 nitrogen and oxygen atoms in total. The maximum atomic E-state index is 12.1. The quantitative estimate of drug-likeness (QED) is 0.670. The zero-order valence-corrected chi connectivity index (χ0v) is 10.8. The fourth-order valence-corrected chi connectivity index (χ4v) is 2.42. The molecule has 1 heterocycles. The van der Waals surface area contributed by atoms with Gasteiger partial charge in [0.1, 0.15) is 0 Å². The standard InChI is InChI=1S/C12H22ClNO/c1-12(2,3)11(15)14-8-4-5-10(9-14)6-7-13/h10H,4-9H2,1-3H3. The molecule has 0 saturated carbocycles. The van der Waals surface area contributed by atoms with Gasteiger partial charge in [-0.25, -0.2) is 0 Å². The largest absolute Gasteiger partial charge is 0.342 e. The summed E-state index contributed by atoms with van der Waals surface area (Å²) < 4.78 is 0. The molecule has 1 unspecified atom stereocenters. The van der Waals surface area contributed by atoms with Gasteiger partial charge in [0.05, 0.1) is 0 Å². The Labute approximate surface area is 98.0 Å². The predicted octanol–water partition coefficient (Wildman–Crippen LogP) is 2.90. The molecule has 0 bridgehead atoms. The molecule has 1 fully saturated rings. The lowest BCUT2D eigenvalue weighted by Gasteiger charge is -2.36. The van der Waals surface area contributed by atoms with Crippen molar-refractivity contribution in [3.05, 3.63) is 0 Å². The number of carbonyl (C=O) groups excluding carboxylic acids is 1. The number of likely N-dealkylation sites (tertiary alicyclic amines) is 1. The van der Waals surface area contributed by atoms with Crippen LogP contribution >= 0.6 is 11.6 Å². The zero-order valence-electron chi connectivity index (χ0n) is 10.1. The molecule has 1 atom stereocenters. The molecule has 0 aromatic rings. The molecule has 0 aromatic heterocycles. The van der Waals surface area contributed by atoms with E-state index in [1.807, 2.05) is 25.7 Å². The van der Waals surface area contributed by atoms with Crippen LogP contribution in [0.25, 0.3) is 0 Å². The number of amides is 1. The van der Waals surface area contributed by atoms with Crippen LogP contribution in [0.4, 0.5) is 0 Å². The lowest BCUT2D eigenvalue weighted by Crippen LogP contribution is -2.45. The van der Waals surface area contributed by atoms with Crippen molar-refractivity contribution >= 4 is 17.5 Å². The summed E-state index contributed by atoms with van der Waals surface area (Å²) in [6, 6.07) is 0. The van der Waals surface area contributed by atoms with E-state index in [1.165, 1.54) is 6.42 Å². The molecule has 1 aliphatic rings. The Hall–Kier alpha value is -0.240. The molecular formula is C12H22ClNO. The fourth-order valence-electron chi connectivity index (χ4n) is 2.11. The number of nitrogens with zero attached hydrogens (tertiary/aromatic N) is 1. The summed E-state index contributed by atoms with van der Waals surface area (Å²) in [6.07, 6.45) is 3.39. The van der Waals surface area contributed by atoms with Gasteiger partial charge in [0.2, 0.25) is 5.91 Å². The van der Waals surface area contributed by atoms with Gasteiger partial charge in [-0.1, -0.05) is 20.8 Å². The van der Waals surface area contributed by atoms with Crippen molar-refractivity contribution < 1.29 is 4.79 Å². The number of hydrogen-bond acceptors (Lipinski definition) is 1. The van der Waals surface area contributed by atoms with Crippen LogP contribution in [0.2, 0.25) is 0 Å². The molecule has 15 heavy (non-hydrogen) atoms. The number of rotatable bonds is 2. The smallest absolute Gasteiger partial charge is 0.227 e. The second kappa shape index (κ2) is 5.20. The van der Waals surface area contributed by atoms with E-state index in [2.05, 4.69) is 0 Å². The first-order valence-electron chi connectivity index (χ1n) is 5.80. The maximum absolute atomic E-state index is 12.1. The number of piperidine rings is 1. The SMILES string of the molecule is CC(C)(C)C(=O)N1CCCC(CCCl)C1. The van der Waals surface area contributed by atoms with Gasteiger partial charge in [-0.3, -0.25) is 4.79 Å². The molecule has 0 aliphatic carbocycles. The third-order valence-corrected chi connectivity index (χ3v) is 3.18. The molecule has 1 amide bonds. The molecular weight excluding hydrogens is 210 g/mol. The molecule has 0 spiro atoms. The van der Waals surface area contributed by atoms with Crippen LogP contribution in [-0.4, -0.2) is 29.8 Å². The average Bonchev–Trinajstić information content (AvgIpc) is 2.16. The van der Waals surface area contributed by atoms with Crippen LogP contribution in [0.5, 0.6) is 0 Å². The molecule has 3 heteroatoms. The Morgan fingerprint density at radius 1 is 1.47 bits per heavy atom. The minimum Gasteiger partial charge on any atom is -0.342 e. The molecule has 1 aliphatic heterocycles. The topological polar surface area (TPSA) is 20.3 Å². The first-order valence-corrected chi connectivity index (χ1v) is 6.34. The number of hydrogen-bond donors (Lipinski definition) is 0. The van der Waals surface area contributed by atoms with Crippen molar-refractivity contribution in [2.75, 3.05) is 19.0 Å². The molecule has 1 rings (SSSR count). The Kier molecular flexibility index (Phi) is 4.45. The van der Waals surface area contributed by atoms with Gasteiger partial charge in [0, 0.05) is 24.4 Å². The highest BCUT2D eigenvalue weighted by Gasteiger charge is 2.30. The Morgan fingerprint density at radius 3 is 2.67 bits per heavy atom. The highest BCUT2D eigenvalue weighted by atomic mass is 35.5. The monoisotopic (exact) mass is 231 g/mol. The highest BCUT2D eigenvalue weighted by Crippen LogP contribution is 2.25. The zero-order chi connectivity index (χ0) is 11.5. The Balaban J connectivity index is 2.52. The van der Waals surface area contributed by atoms with Crippen LogP contribution in [0.1, 0.15) is 40.0 Å². The number of alkyl halides is 1. The van der Waals surface area contributed by atoms with Crippen molar-refractivity contribution in [1.29, 1.82) is 0 Å². The van der Waals surface area contributed by atoms with Crippen LogP contribution in [0, 0.1) is 11.3 Å². The fraction of sp³-hybridized carbons (Fsp3) is 0.917. The van der Waals surface area contributed by atoms with Crippen molar-refractivity contribution in [2.45, 2.75) is 40.0 Å². The summed E-state index contributed by atoms with van der Waals surface area (Å²) in [7, 11) is 0. The van der Waals surface area contributed by atoms with E-state index in [1.54, 1.807) is 0 Å². The van der Waals surface area contributed by atoms with Gasteiger partial charge in [0.15, 0.2) is 0 Å². The van der Waals surface area contributed by atoms with Gasteiger partial charge in [-0.2, -0.15) is 0 Å². The van der Waals surface area contributed by atoms with Crippen LogP contribution in [-0.2, 0) is 4.79 Å². The summed E-state index contributed by atoms with van der Waals surface area (Å²) in [5.74, 6) is 1.60. The summed E-state index contributed by atoms with van der Waals surface area (Å²) in [5, 5.41) is 0. The first-order chi connectivity index (χ1) is 6.95. The Morgan fingerprint density at radius 2 is 2.13 bits per heavy atom. The minimum atomic E-state index is -0.247. The number of halogens is 1. The van der Waals surface area contributed by atoms with E-state index in [9.17, 15) is 4.79 Å². The Bertz CT molecular complexity index is 220. The molecule has 88 valence electrons. The van der Waals surface area contributed by atoms with Crippen molar-refractivity contribution in [1.82, 2.24) is 4.90 Å². The highest BCUT2D eigenvalue weighted by molar-refractivity contribution is 6.17. The van der Waals surface area contributed by atoms with Crippen LogP contribution in [0.15, 0.2) is 0 Å².